The van der Waals surface area contributed by atoms with Crippen LogP contribution in [0.25, 0.3) is 10.4 Å². The van der Waals surface area contributed by atoms with E-state index in [1.807, 2.05) is 0 Å². The number of hydrogen-bond donors (Lipinski definition) is 2. The number of nitrogens with one attached hydrogen (secondary N) is 2. The number of benzene rings is 1. The number of carbonyl (C=O) groups excluding carboxylic acids is 4. The van der Waals surface area contributed by atoms with Crippen LogP contribution in [0.4, 0.5) is 5.69 Å². The van der Waals surface area contributed by atoms with E-state index >= 15 is 0 Å². The first-order valence-corrected chi connectivity index (χ1v) is 8.71. The third-order valence-electron chi connectivity index (χ3n) is 4.41. The van der Waals surface area contributed by atoms with E-state index in [-0.39, 0.29) is 30.5 Å². The van der Waals surface area contributed by atoms with E-state index in [2.05, 4.69) is 20.7 Å². The van der Waals surface area contributed by atoms with Gasteiger partial charge in [0.2, 0.25) is 11.8 Å². The van der Waals surface area contributed by atoms with Crippen molar-refractivity contribution in [2.45, 2.75) is 18.9 Å². The molecule has 0 saturated carbocycles. The predicted octanol–water partition coefficient (Wildman–Crippen LogP) is 0.827. The summed E-state index contributed by atoms with van der Waals surface area (Å²) in [6, 6.07) is 3.78. The van der Waals surface area contributed by atoms with Gasteiger partial charge in [0.25, 0.3) is 11.8 Å². The highest BCUT2D eigenvalue weighted by molar-refractivity contribution is 6.23. The van der Waals surface area contributed by atoms with Crippen LogP contribution in [0.15, 0.2) is 23.3 Å². The normalized spacial score (nSPS) is 18.6. The molecule has 2 aliphatic heterocycles. The predicted molar refractivity (Wildman–Crippen MR) is 96.4 cm³/mol. The molecule has 2 aliphatic rings. The van der Waals surface area contributed by atoms with Crippen LogP contribution in [0.5, 0.6) is 0 Å². The third-order valence-corrected chi connectivity index (χ3v) is 4.41. The van der Waals surface area contributed by atoms with Gasteiger partial charge in [-0.05, 0) is 30.2 Å². The second kappa shape index (κ2) is 8.51. The zero-order chi connectivity index (χ0) is 20.1. The summed E-state index contributed by atoms with van der Waals surface area (Å²) in [6.07, 6.45) is 0.199. The highest BCUT2D eigenvalue weighted by Gasteiger charge is 2.44. The number of carbonyl (C=O) groups is 4. The molecule has 0 spiro atoms. The average molecular weight is 386 g/mol. The minimum absolute atomic E-state index is 0.0797. The Morgan fingerprint density at radius 2 is 2.00 bits per heavy atom. The number of ether oxygens (including phenoxy) is 1. The Kier molecular flexibility index (Phi) is 5.87. The van der Waals surface area contributed by atoms with Gasteiger partial charge >= 0.3 is 0 Å². The molecule has 0 aliphatic carbocycles. The van der Waals surface area contributed by atoms with Gasteiger partial charge in [-0.2, -0.15) is 0 Å². The molecule has 11 heteroatoms. The van der Waals surface area contributed by atoms with Crippen molar-refractivity contribution in [3.05, 3.63) is 39.8 Å². The second-order valence-electron chi connectivity index (χ2n) is 6.20. The standard InChI is InChI=1S/C17H18N6O5/c18-22-20-6-8-28-7-5-19-10-1-2-11-12(9-10)17(27)23(16(11)26)13-3-4-14(24)21-15(13)25/h1-2,9,13,19H,3-8H2,(H,21,24,25). The molecule has 11 nitrogen and oxygen atoms in total. The molecule has 1 saturated heterocycles. The van der Waals surface area contributed by atoms with Gasteiger partial charge in [0.15, 0.2) is 0 Å². The molecule has 0 bridgehead atoms. The fourth-order valence-electron chi connectivity index (χ4n) is 3.10. The van der Waals surface area contributed by atoms with Crippen LogP contribution in [0, 0.1) is 0 Å². The number of anilines is 1. The van der Waals surface area contributed by atoms with Gasteiger partial charge in [-0.15, -0.1) is 0 Å². The Morgan fingerprint density at radius 1 is 1.21 bits per heavy atom. The molecule has 1 fully saturated rings. The lowest BCUT2D eigenvalue weighted by Crippen LogP contribution is -2.54. The molecule has 0 aromatic heterocycles. The first kappa shape index (κ1) is 19.3. The Bertz CT molecular complexity index is 879. The van der Waals surface area contributed by atoms with Crippen LogP contribution < -0.4 is 10.6 Å². The summed E-state index contributed by atoms with van der Waals surface area (Å²) >= 11 is 0. The van der Waals surface area contributed by atoms with Gasteiger partial charge in [0, 0.05) is 30.1 Å². The number of fused-ring (bicyclic) bond motifs is 1. The van der Waals surface area contributed by atoms with Crippen molar-refractivity contribution in [1.29, 1.82) is 0 Å². The van der Waals surface area contributed by atoms with Crippen molar-refractivity contribution in [1.82, 2.24) is 10.2 Å². The summed E-state index contributed by atoms with van der Waals surface area (Å²) in [6.45, 7) is 1.38. The number of nitrogens with zero attached hydrogens (tertiary/aromatic N) is 4. The maximum absolute atomic E-state index is 12.7. The number of imide groups is 2. The van der Waals surface area contributed by atoms with Crippen molar-refractivity contribution >= 4 is 29.3 Å². The Balaban J connectivity index is 1.62. The molecule has 1 aromatic rings. The number of piperidine rings is 1. The Hall–Kier alpha value is -3.43. The van der Waals surface area contributed by atoms with E-state index in [1.54, 1.807) is 12.1 Å². The van der Waals surface area contributed by atoms with Gasteiger partial charge in [-0.1, -0.05) is 5.11 Å². The molecule has 3 rings (SSSR count). The summed E-state index contributed by atoms with van der Waals surface area (Å²) in [5.41, 5.74) is 9.23. The van der Waals surface area contributed by atoms with Crippen LogP contribution in [0.1, 0.15) is 33.6 Å². The maximum Gasteiger partial charge on any atom is 0.262 e. The number of hydrogen-bond acceptors (Lipinski definition) is 7. The molecule has 1 atom stereocenters. The van der Waals surface area contributed by atoms with Crippen LogP contribution >= 0.6 is 0 Å². The van der Waals surface area contributed by atoms with E-state index in [4.69, 9.17) is 10.3 Å². The zero-order valence-electron chi connectivity index (χ0n) is 14.9. The number of rotatable bonds is 8. The first-order chi connectivity index (χ1) is 13.5. The second-order valence-corrected chi connectivity index (χ2v) is 6.20. The van der Waals surface area contributed by atoms with Crippen molar-refractivity contribution in [2.75, 3.05) is 31.6 Å². The van der Waals surface area contributed by atoms with E-state index in [0.29, 0.717) is 25.4 Å². The van der Waals surface area contributed by atoms with Crippen molar-refractivity contribution in [2.24, 2.45) is 5.11 Å². The molecular weight excluding hydrogens is 368 g/mol. The summed E-state index contributed by atoms with van der Waals surface area (Å²) < 4.78 is 5.28. The van der Waals surface area contributed by atoms with Crippen molar-refractivity contribution in [3.63, 3.8) is 0 Å². The minimum atomic E-state index is -0.981. The summed E-state index contributed by atoms with van der Waals surface area (Å²) in [4.78, 5) is 52.2. The monoisotopic (exact) mass is 386 g/mol. The third kappa shape index (κ3) is 3.95. The summed E-state index contributed by atoms with van der Waals surface area (Å²) in [5, 5.41) is 8.59. The quantitative estimate of drug-likeness (QED) is 0.222. The van der Waals surface area contributed by atoms with Crippen LogP contribution in [-0.4, -0.2) is 60.9 Å². The molecule has 2 N–H and O–H groups in total. The molecule has 1 unspecified atom stereocenters. The molecular formula is C17H18N6O5. The maximum atomic E-state index is 12.7. The number of amides is 4. The molecule has 2 heterocycles. The van der Waals surface area contributed by atoms with Crippen LogP contribution in [0.2, 0.25) is 0 Å². The van der Waals surface area contributed by atoms with Gasteiger partial charge in [0.05, 0.1) is 24.3 Å². The van der Waals surface area contributed by atoms with Crippen molar-refractivity contribution < 1.29 is 23.9 Å². The topological polar surface area (TPSA) is 154 Å². The largest absolute Gasteiger partial charge is 0.383 e. The summed E-state index contributed by atoms with van der Waals surface area (Å²) in [5.74, 6) is -2.14. The van der Waals surface area contributed by atoms with E-state index in [0.717, 1.165) is 4.90 Å². The van der Waals surface area contributed by atoms with E-state index < -0.39 is 29.7 Å². The van der Waals surface area contributed by atoms with E-state index in [1.165, 1.54) is 6.07 Å². The SMILES string of the molecule is [N-]=[N+]=NCCOCCNc1ccc2c(c1)C(=O)N(C1CCC(=O)NC1=O)C2=O. The minimum Gasteiger partial charge on any atom is -0.383 e. The lowest BCUT2D eigenvalue weighted by atomic mass is 10.0. The molecule has 1 aromatic carbocycles. The lowest BCUT2D eigenvalue weighted by molar-refractivity contribution is -0.136. The summed E-state index contributed by atoms with van der Waals surface area (Å²) in [7, 11) is 0. The fourth-order valence-corrected chi connectivity index (χ4v) is 3.10. The van der Waals surface area contributed by atoms with Crippen molar-refractivity contribution in [3.8, 4) is 0 Å². The first-order valence-electron chi connectivity index (χ1n) is 8.71. The van der Waals surface area contributed by atoms with Crippen LogP contribution in [0.3, 0.4) is 0 Å². The highest BCUT2D eigenvalue weighted by Crippen LogP contribution is 2.29. The zero-order valence-corrected chi connectivity index (χ0v) is 14.9. The van der Waals surface area contributed by atoms with Gasteiger partial charge < -0.3 is 10.1 Å². The fraction of sp³-hybridized carbons (Fsp3) is 0.412. The molecule has 4 amide bonds. The number of azide groups is 1. The van der Waals surface area contributed by atoms with Gasteiger partial charge in [-0.25, -0.2) is 0 Å². The Labute approximate surface area is 159 Å². The van der Waals surface area contributed by atoms with E-state index in [9.17, 15) is 19.2 Å². The van der Waals surface area contributed by atoms with Gasteiger partial charge in [-0.3, -0.25) is 29.4 Å². The van der Waals surface area contributed by atoms with Crippen LogP contribution in [-0.2, 0) is 14.3 Å². The smallest absolute Gasteiger partial charge is 0.262 e. The molecule has 28 heavy (non-hydrogen) atoms. The average Bonchev–Trinajstić information content (AvgIpc) is 2.92. The lowest BCUT2D eigenvalue weighted by Gasteiger charge is -2.27. The van der Waals surface area contributed by atoms with Gasteiger partial charge in [0.1, 0.15) is 6.04 Å². The molecule has 146 valence electrons. The molecule has 0 radical (unpaired) electrons. The highest BCUT2D eigenvalue weighted by atomic mass is 16.5. The Morgan fingerprint density at radius 3 is 2.75 bits per heavy atom.